The van der Waals surface area contributed by atoms with Gasteiger partial charge in [-0.2, -0.15) is 24.7 Å². The lowest BCUT2D eigenvalue weighted by molar-refractivity contribution is 0.116. The highest BCUT2D eigenvalue weighted by molar-refractivity contribution is 5.37. The monoisotopic (exact) mass is 291 g/mol. The lowest BCUT2D eigenvalue weighted by atomic mass is 9.93. The minimum atomic E-state index is -0.403. The summed E-state index contributed by atoms with van der Waals surface area (Å²) in [7, 11) is 0. The minimum Gasteiger partial charge on any atom is -0.391 e. The smallest absolute Gasteiger partial charge is 0.258 e. The van der Waals surface area contributed by atoms with E-state index in [2.05, 4.69) is 35.8 Å². The van der Waals surface area contributed by atoms with Crippen molar-refractivity contribution in [3.8, 4) is 5.95 Å². The van der Waals surface area contributed by atoms with Crippen LogP contribution in [0.15, 0.2) is 12.7 Å². The summed E-state index contributed by atoms with van der Waals surface area (Å²) in [6.07, 6.45) is 6.22. The van der Waals surface area contributed by atoms with Gasteiger partial charge in [0.2, 0.25) is 11.9 Å². The molecule has 2 heterocycles. The molecular weight excluding hydrogens is 274 g/mol. The average Bonchev–Trinajstić information content (AvgIpc) is 3.04. The van der Waals surface area contributed by atoms with E-state index in [0.717, 1.165) is 25.7 Å². The van der Waals surface area contributed by atoms with Gasteiger partial charge < -0.3 is 10.4 Å². The second-order valence-corrected chi connectivity index (χ2v) is 4.87. The number of rotatable bonds is 4. The van der Waals surface area contributed by atoms with Crippen LogP contribution in [0.2, 0.25) is 0 Å². The molecule has 21 heavy (non-hydrogen) atoms. The van der Waals surface area contributed by atoms with E-state index in [4.69, 9.17) is 5.84 Å². The van der Waals surface area contributed by atoms with Crippen LogP contribution in [0.3, 0.4) is 0 Å². The van der Waals surface area contributed by atoms with Gasteiger partial charge in [-0.05, 0) is 12.8 Å². The quantitative estimate of drug-likeness (QED) is 0.431. The van der Waals surface area contributed by atoms with Crippen molar-refractivity contribution in [2.45, 2.75) is 37.8 Å². The molecule has 1 aliphatic carbocycles. The SMILES string of the molecule is NNc1nc(NC2CCCCC2O)nc(-n2cncn2)n1. The molecule has 0 aromatic carbocycles. The Kier molecular flexibility index (Phi) is 3.88. The lowest BCUT2D eigenvalue weighted by Crippen LogP contribution is -2.37. The molecule has 2 unspecified atom stereocenters. The Balaban J connectivity index is 1.85. The number of nitrogens with one attached hydrogen (secondary N) is 2. The Hall–Kier alpha value is -2.33. The number of aromatic nitrogens is 6. The largest absolute Gasteiger partial charge is 0.391 e. The Labute approximate surface area is 120 Å². The van der Waals surface area contributed by atoms with Crippen LogP contribution in [0.5, 0.6) is 0 Å². The number of aliphatic hydroxyl groups excluding tert-OH is 1. The summed E-state index contributed by atoms with van der Waals surface area (Å²) in [5, 5.41) is 17.1. The van der Waals surface area contributed by atoms with Crippen molar-refractivity contribution in [2.75, 3.05) is 10.7 Å². The Morgan fingerprint density at radius 3 is 2.71 bits per heavy atom. The van der Waals surface area contributed by atoms with Crippen LogP contribution < -0.4 is 16.6 Å². The second kappa shape index (κ2) is 5.97. The zero-order chi connectivity index (χ0) is 14.7. The number of hydrogen-bond acceptors (Lipinski definition) is 9. The molecule has 0 radical (unpaired) electrons. The van der Waals surface area contributed by atoms with Gasteiger partial charge in [0.25, 0.3) is 5.95 Å². The lowest BCUT2D eigenvalue weighted by Gasteiger charge is -2.28. The van der Waals surface area contributed by atoms with Gasteiger partial charge in [0, 0.05) is 0 Å². The van der Waals surface area contributed by atoms with Crippen molar-refractivity contribution in [2.24, 2.45) is 5.84 Å². The Bertz CT molecular complexity index is 587. The van der Waals surface area contributed by atoms with Gasteiger partial charge in [-0.25, -0.2) is 10.8 Å². The first-order valence-electron chi connectivity index (χ1n) is 6.78. The van der Waals surface area contributed by atoms with E-state index < -0.39 is 6.10 Å². The van der Waals surface area contributed by atoms with E-state index in [1.165, 1.54) is 17.3 Å². The molecule has 5 N–H and O–H groups in total. The van der Waals surface area contributed by atoms with Gasteiger partial charge in [0.1, 0.15) is 12.7 Å². The predicted octanol–water partition coefficient (Wildman–Crippen LogP) is -0.547. The van der Waals surface area contributed by atoms with Crippen molar-refractivity contribution in [1.29, 1.82) is 0 Å². The topological polar surface area (TPSA) is 140 Å². The van der Waals surface area contributed by atoms with E-state index in [0.29, 0.717) is 11.9 Å². The predicted molar refractivity (Wildman–Crippen MR) is 74.4 cm³/mol. The van der Waals surface area contributed by atoms with E-state index in [9.17, 15) is 5.11 Å². The molecule has 1 aliphatic rings. The van der Waals surface area contributed by atoms with Crippen molar-refractivity contribution < 1.29 is 5.11 Å². The third-order valence-electron chi connectivity index (χ3n) is 3.42. The van der Waals surface area contributed by atoms with Gasteiger partial charge in [-0.1, -0.05) is 12.8 Å². The van der Waals surface area contributed by atoms with Crippen LogP contribution in [-0.2, 0) is 0 Å². The summed E-state index contributed by atoms with van der Waals surface area (Å²) >= 11 is 0. The van der Waals surface area contributed by atoms with Crippen LogP contribution in [0.1, 0.15) is 25.7 Å². The summed E-state index contributed by atoms with van der Waals surface area (Å²) in [5.74, 6) is 6.22. The minimum absolute atomic E-state index is 0.0737. The highest BCUT2D eigenvalue weighted by Gasteiger charge is 2.24. The number of anilines is 2. The third kappa shape index (κ3) is 3.06. The molecule has 10 nitrogen and oxygen atoms in total. The molecule has 1 saturated carbocycles. The summed E-state index contributed by atoms with van der Waals surface area (Å²) in [5.41, 5.74) is 2.39. The van der Waals surface area contributed by atoms with Crippen LogP contribution in [0.4, 0.5) is 11.9 Å². The first-order valence-corrected chi connectivity index (χ1v) is 6.78. The zero-order valence-electron chi connectivity index (χ0n) is 11.3. The fourth-order valence-electron chi connectivity index (χ4n) is 2.35. The van der Waals surface area contributed by atoms with Gasteiger partial charge in [0.05, 0.1) is 12.1 Å². The maximum Gasteiger partial charge on any atom is 0.258 e. The molecule has 1 fully saturated rings. The molecule has 0 amide bonds. The second-order valence-electron chi connectivity index (χ2n) is 4.87. The summed E-state index contributed by atoms with van der Waals surface area (Å²) in [6.45, 7) is 0. The molecular formula is C11H17N9O. The standard InChI is InChI=1S/C11H17N9O/c12-19-10-16-9(15-7-3-1-2-4-8(7)21)17-11(18-10)20-6-13-5-14-20/h5-8,21H,1-4,12H2,(H2,15,16,17,18,19). The van der Waals surface area contributed by atoms with Crippen molar-refractivity contribution in [3.63, 3.8) is 0 Å². The van der Waals surface area contributed by atoms with Gasteiger partial charge in [0.15, 0.2) is 0 Å². The molecule has 0 saturated heterocycles. The Morgan fingerprint density at radius 2 is 2.00 bits per heavy atom. The van der Waals surface area contributed by atoms with Crippen molar-refractivity contribution in [3.05, 3.63) is 12.7 Å². The van der Waals surface area contributed by atoms with Gasteiger partial charge >= 0.3 is 0 Å². The van der Waals surface area contributed by atoms with Crippen LogP contribution in [-0.4, -0.2) is 47.0 Å². The Morgan fingerprint density at radius 1 is 1.19 bits per heavy atom. The fourth-order valence-corrected chi connectivity index (χ4v) is 2.35. The highest BCUT2D eigenvalue weighted by Crippen LogP contribution is 2.21. The summed E-state index contributed by atoms with van der Waals surface area (Å²) in [4.78, 5) is 16.4. The number of nitrogens with two attached hydrogens (primary N) is 1. The van der Waals surface area contributed by atoms with Crippen LogP contribution >= 0.6 is 0 Å². The molecule has 2 atom stereocenters. The molecule has 0 aliphatic heterocycles. The fraction of sp³-hybridized carbons (Fsp3) is 0.545. The normalized spacial score (nSPS) is 22.0. The highest BCUT2D eigenvalue weighted by atomic mass is 16.3. The van der Waals surface area contributed by atoms with E-state index >= 15 is 0 Å². The molecule has 0 spiro atoms. The van der Waals surface area contributed by atoms with Gasteiger partial charge in [-0.3, -0.25) is 5.43 Å². The van der Waals surface area contributed by atoms with E-state index in [1.807, 2.05) is 0 Å². The number of hydrogen-bond donors (Lipinski definition) is 4. The maximum absolute atomic E-state index is 10.0. The summed E-state index contributed by atoms with van der Waals surface area (Å²) < 4.78 is 1.41. The number of nitrogens with zero attached hydrogens (tertiary/aromatic N) is 6. The first kappa shape index (κ1) is 13.6. The van der Waals surface area contributed by atoms with Crippen molar-refractivity contribution >= 4 is 11.9 Å². The molecule has 2 aromatic rings. The number of nitrogen functional groups attached to an aromatic ring is 1. The molecule has 0 bridgehead atoms. The molecule has 2 aromatic heterocycles. The molecule has 10 heteroatoms. The van der Waals surface area contributed by atoms with Crippen molar-refractivity contribution in [1.82, 2.24) is 29.7 Å². The maximum atomic E-state index is 10.0. The van der Waals surface area contributed by atoms with E-state index in [1.54, 1.807) is 0 Å². The van der Waals surface area contributed by atoms with Crippen LogP contribution in [0.25, 0.3) is 5.95 Å². The summed E-state index contributed by atoms with van der Waals surface area (Å²) in [6, 6.07) is -0.0737. The average molecular weight is 291 g/mol. The first-order chi connectivity index (χ1) is 10.3. The number of aliphatic hydroxyl groups is 1. The molecule has 112 valence electrons. The van der Waals surface area contributed by atoms with Gasteiger partial charge in [-0.15, -0.1) is 0 Å². The zero-order valence-corrected chi connectivity index (χ0v) is 11.3. The third-order valence-corrected chi connectivity index (χ3v) is 3.42. The van der Waals surface area contributed by atoms with Crippen LogP contribution in [0, 0.1) is 0 Å². The molecule has 3 rings (SSSR count). The number of hydrazine groups is 1. The van der Waals surface area contributed by atoms with E-state index in [-0.39, 0.29) is 12.0 Å².